The molecule has 1 unspecified atom stereocenters. The van der Waals surface area contributed by atoms with Crippen LogP contribution in [0, 0.1) is 0 Å². The van der Waals surface area contributed by atoms with Crippen LogP contribution in [0.3, 0.4) is 0 Å². The second-order valence-electron chi connectivity index (χ2n) is 17.6. The fourth-order valence-corrected chi connectivity index (χ4v) is 8.14. The van der Waals surface area contributed by atoms with Crippen LogP contribution in [0.15, 0.2) is 10.0 Å². The maximum atomic E-state index is 13.0. The Bertz CT molecular complexity index is 1520. The zero-order valence-corrected chi connectivity index (χ0v) is 45.4. The number of phosphoric ester groups is 1. The lowest BCUT2D eigenvalue weighted by Gasteiger charge is -2.32. The van der Waals surface area contributed by atoms with Crippen molar-refractivity contribution in [2.45, 2.75) is 148 Å². The number of carbonyl (C=O) groups excluding carboxylic acids is 3. The van der Waals surface area contributed by atoms with Gasteiger partial charge in [0.2, 0.25) is 5.91 Å². The number of rotatable bonds is 38. The maximum absolute atomic E-state index is 13.0. The third kappa shape index (κ3) is 44.6. The summed E-state index contributed by atoms with van der Waals surface area (Å²) >= 11 is 14.8. The second kappa shape index (κ2) is 44.8. The smallest absolute Gasteiger partial charge is 0.472 e. The van der Waals surface area contributed by atoms with Crippen LogP contribution in [0.2, 0.25) is 0 Å². The Morgan fingerprint density at radius 3 is 1.28 bits per heavy atom. The molecule has 1 aliphatic heterocycles. The molecule has 414 valence electrons. The maximum Gasteiger partial charge on any atom is 0.472 e. The standard InChI is InChI=1S/C45H84N5O15P.C2HCl3/c1-3-5-7-9-11-13-15-17-19-21-44(58)62-37-39(65-45(59)22-20-18-16-14-12-10-8-6-4-2)38-64-66(60,61)63-32-23-46-40(51)33-47-24-26-48(34-41(52)53)28-30-50(36-43(56)57)31-29-49(27-25-47)35-42(54)55;3-1-2(4)5/h39H,3-38H2,1-2H3,(H,46,51)(H,52,53)(H,54,55)(H,56,57)(H,60,61);1H/t39-;/m1./s1. The Morgan fingerprint density at radius 2 is 0.915 bits per heavy atom. The van der Waals surface area contributed by atoms with E-state index in [1.165, 1.54) is 57.8 Å². The van der Waals surface area contributed by atoms with Crippen molar-refractivity contribution in [1.29, 1.82) is 0 Å². The van der Waals surface area contributed by atoms with Gasteiger partial charge in [-0.15, -0.1) is 0 Å². The number of hydrogen-bond acceptors (Lipinski definition) is 15. The van der Waals surface area contributed by atoms with E-state index in [1.807, 2.05) is 0 Å². The number of carboxylic acids is 3. The summed E-state index contributed by atoms with van der Waals surface area (Å²) in [5.41, 5.74) is 1.09. The molecule has 71 heavy (non-hydrogen) atoms. The number of hydrogen-bond donors (Lipinski definition) is 5. The van der Waals surface area contributed by atoms with Crippen molar-refractivity contribution in [3.05, 3.63) is 10.0 Å². The van der Waals surface area contributed by atoms with Crippen molar-refractivity contribution in [3.8, 4) is 0 Å². The molecular weight excluding hydrogens is 1010 g/mol. The Labute approximate surface area is 436 Å². The summed E-state index contributed by atoms with van der Waals surface area (Å²) in [4.78, 5) is 90.0. The predicted octanol–water partition coefficient (Wildman–Crippen LogP) is 7.51. The van der Waals surface area contributed by atoms with Crippen LogP contribution in [0.5, 0.6) is 0 Å². The number of ether oxygens (including phenoxy) is 2. The number of halogens is 3. The molecule has 1 saturated heterocycles. The van der Waals surface area contributed by atoms with Gasteiger partial charge >= 0.3 is 37.7 Å². The number of phosphoric acid groups is 1. The molecule has 0 saturated carbocycles. The Kier molecular flexibility index (Phi) is 43.2. The topological polar surface area (TPSA) is 262 Å². The molecule has 0 aromatic rings. The second-order valence-corrected chi connectivity index (χ2v) is 20.3. The van der Waals surface area contributed by atoms with Crippen LogP contribution in [-0.4, -0.2) is 187 Å². The summed E-state index contributed by atoms with van der Waals surface area (Å²) in [6, 6.07) is 0. The molecule has 0 aromatic heterocycles. The molecule has 2 atom stereocenters. The van der Waals surface area contributed by atoms with Gasteiger partial charge in [-0.05, 0) is 12.8 Å². The van der Waals surface area contributed by atoms with E-state index in [1.54, 1.807) is 19.6 Å². The molecule has 1 heterocycles. The lowest BCUT2D eigenvalue weighted by Crippen LogP contribution is -2.50. The van der Waals surface area contributed by atoms with Gasteiger partial charge in [0.15, 0.2) is 6.10 Å². The molecule has 0 bridgehead atoms. The number of aliphatic carboxylic acids is 3. The minimum atomic E-state index is -4.73. The van der Waals surface area contributed by atoms with Gasteiger partial charge in [-0.3, -0.25) is 57.4 Å². The average molecular weight is 1100 g/mol. The molecule has 24 heteroatoms. The highest BCUT2D eigenvalue weighted by Gasteiger charge is 2.27. The lowest BCUT2D eigenvalue weighted by atomic mass is 10.1. The Balaban J connectivity index is 0.00000928. The summed E-state index contributed by atoms with van der Waals surface area (Å²) < 4.78 is 34.1. The van der Waals surface area contributed by atoms with E-state index < -0.39 is 62.9 Å². The van der Waals surface area contributed by atoms with E-state index in [0.717, 1.165) is 50.5 Å². The van der Waals surface area contributed by atoms with Crippen LogP contribution < -0.4 is 5.32 Å². The highest BCUT2D eigenvalue weighted by atomic mass is 35.5. The molecule has 0 aromatic carbocycles. The summed E-state index contributed by atoms with van der Waals surface area (Å²) in [6.45, 7) is 3.57. The van der Waals surface area contributed by atoms with Crippen LogP contribution in [0.25, 0.3) is 0 Å². The highest BCUT2D eigenvalue weighted by Crippen LogP contribution is 2.43. The van der Waals surface area contributed by atoms with Crippen molar-refractivity contribution in [2.24, 2.45) is 0 Å². The lowest BCUT2D eigenvalue weighted by molar-refractivity contribution is -0.161. The number of esters is 2. The van der Waals surface area contributed by atoms with Crippen LogP contribution in [-0.2, 0) is 51.9 Å². The molecule has 20 nitrogen and oxygen atoms in total. The molecule has 0 aliphatic carbocycles. The molecule has 0 spiro atoms. The zero-order valence-electron chi connectivity index (χ0n) is 42.3. The quantitative estimate of drug-likeness (QED) is 0.0227. The van der Waals surface area contributed by atoms with E-state index in [2.05, 4.69) is 19.2 Å². The van der Waals surface area contributed by atoms with E-state index in [4.69, 9.17) is 53.3 Å². The first kappa shape index (κ1) is 68.4. The zero-order chi connectivity index (χ0) is 53.1. The summed E-state index contributed by atoms with van der Waals surface area (Å²) in [5, 5.41) is 30.9. The molecule has 5 N–H and O–H groups in total. The minimum absolute atomic E-state index is 0.0895. The molecule has 0 radical (unpaired) electrons. The monoisotopic (exact) mass is 1100 g/mol. The molecule has 1 fully saturated rings. The largest absolute Gasteiger partial charge is 0.480 e. The van der Waals surface area contributed by atoms with Crippen molar-refractivity contribution < 1.29 is 72.1 Å². The Hall–Kier alpha value is -2.62. The SMILES string of the molecule is CCCCCCCCCCCC(=O)OC[C@H](COP(=O)(O)OCCNC(=O)CN1CCN(CC(=O)O)CCN(CC(=O)O)CCN(CC(=O)O)CC1)OC(=O)CCCCCCCCCCC.ClC=C(Cl)Cl. The van der Waals surface area contributed by atoms with Gasteiger partial charge in [-0.2, -0.15) is 0 Å². The summed E-state index contributed by atoms with van der Waals surface area (Å²) in [7, 11) is -4.73. The molecule has 1 rings (SSSR count). The van der Waals surface area contributed by atoms with E-state index in [9.17, 15) is 53.5 Å². The fraction of sp³-hybridized carbons (Fsp3) is 0.830. The average Bonchev–Trinajstić information content (AvgIpc) is 3.30. The first-order valence-electron chi connectivity index (χ1n) is 25.3. The minimum Gasteiger partial charge on any atom is -0.480 e. The number of nitrogens with zero attached hydrogens (tertiary/aromatic N) is 4. The third-order valence-electron chi connectivity index (χ3n) is 11.3. The van der Waals surface area contributed by atoms with E-state index in [0.29, 0.717) is 12.8 Å². The van der Waals surface area contributed by atoms with Crippen molar-refractivity contribution >= 4 is 78.4 Å². The fourth-order valence-electron chi connectivity index (χ4n) is 7.39. The van der Waals surface area contributed by atoms with Gasteiger partial charge in [-0.25, -0.2) is 4.57 Å². The predicted molar refractivity (Wildman–Crippen MR) is 274 cm³/mol. The highest BCUT2D eigenvalue weighted by molar-refractivity contribution is 7.47. The molecular formula is C47H85Cl3N5O15P. The van der Waals surface area contributed by atoms with Gasteiger partial charge < -0.3 is 35.0 Å². The normalized spacial score (nSPS) is 15.7. The van der Waals surface area contributed by atoms with Crippen molar-refractivity contribution in [2.75, 3.05) is 105 Å². The molecule has 1 amide bonds. The first-order chi connectivity index (χ1) is 33.9. The number of carboxylic acid groups (broad SMARTS) is 3. The van der Waals surface area contributed by atoms with E-state index >= 15 is 0 Å². The number of unbranched alkanes of at least 4 members (excludes halogenated alkanes) is 16. The van der Waals surface area contributed by atoms with Gasteiger partial charge in [0.05, 0.1) is 39.4 Å². The van der Waals surface area contributed by atoms with Gasteiger partial charge in [0.25, 0.3) is 0 Å². The van der Waals surface area contributed by atoms with Crippen molar-refractivity contribution in [1.82, 2.24) is 24.9 Å². The number of nitrogens with one attached hydrogen (secondary N) is 1. The van der Waals surface area contributed by atoms with Gasteiger partial charge in [-0.1, -0.05) is 151 Å². The van der Waals surface area contributed by atoms with Crippen LogP contribution in [0.1, 0.15) is 142 Å². The molecule has 1 aliphatic rings. The summed E-state index contributed by atoms with van der Waals surface area (Å²) in [5.74, 6) is -4.69. The number of amides is 1. The van der Waals surface area contributed by atoms with Crippen LogP contribution >= 0.6 is 42.6 Å². The number of carbonyl (C=O) groups is 6. The van der Waals surface area contributed by atoms with Gasteiger partial charge in [0.1, 0.15) is 11.1 Å². The first-order valence-corrected chi connectivity index (χ1v) is 28.0. The van der Waals surface area contributed by atoms with Gasteiger partial charge in [0, 0.05) is 77.3 Å². The van der Waals surface area contributed by atoms with E-state index in [-0.39, 0.29) is 109 Å². The van der Waals surface area contributed by atoms with Crippen LogP contribution in [0.4, 0.5) is 0 Å². The van der Waals surface area contributed by atoms with Crippen molar-refractivity contribution in [3.63, 3.8) is 0 Å². The Morgan fingerprint density at radius 1 is 0.563 bits per heavy atom. The third-order valence-corrected chi connectivity index (χ3v) is 12.9. The summed E-state index contributed by atoms with van der Waals surface area (Å²) in [6.07, 6.45) is 18.6.